The average Bonchev–Trinajstić information content (AvgIpc) is 2.28. The molecule has 0 bridgehead atoms. The Balaban J connectivity index is 2.61. The number of nitrogen functional groups attached to an aromatic ring is 1. The van der Waals surface area contributed by atoms with Crippen molar-refractivity contribution in [2.45, 2.75) is 13.3 Å². The first-order chi connectivity index (χ1) is 8.06. The van der Waals surface area contributed by atoms with Crippen molar-refractivity contribution in [3.63, 3.8) is 0 Å². The summed E-state index contributed by atoms with van der Waals surface area (Å²) in [5.74, 6) is -0.354. The topological polar surface area (TPSA) is 84.2 Å². The third-order valence-electron chi connectivity index (χ3n) is 2.45. The molecule has 4 N–H and O–H groups in total. The van der Waals surface area contributed by atoms with Crippen molar-refractivity contribution in [1.29, 1.82) is 0 Å². The molecule has 0 saturated carbocycles. The fourth-order valence-electron chi connectivity index (χ4n) is 1.50. The predicted molar refractivity (Wildman–Crippen MR) is 66.6 cm³/mol. The van der Waals surface area contributed by atoms with Crippen LogP contribution in [-0.4, -0.2) is 25.4 Å². The zero-order chi connectivity index (χ0) is 12.8. The summed E-state index contributed by atoms with van der Waals surface area (Å²) in [6.07, 6.45) is 0.258. The van der Waals surface area contributed by atoms with E-state index in [4.69, 9.17) is 5.73 Å². The normalized spacial score (nSPS) is 9.76. The van der Waals surface area contributed by atoms with Crippen molar-refractivity contribution < 1.29 is 9.59 Å². The molecule has 0 aromatic heterocycles. The van der Waals surface area contributed by atoms with Crippen molar-refractivity contribution in [1.82, 2.24) is 10.6 Å². The van der Waals surface area contributed by atoms with Gasteiger partial charge in [0.05, 0.1) is 5.56 Å². The predicted octanol–water partition coefficient (Wildman–Crippen LogP) is 0.443. The SMILES string of the molecule is CNC(=O)CCNC(=O)c1c(C)cccc1N. The monoisotopic (exact) mass is 235 g/mol. The molecule has 1 aromatic carbocycles. The molecule has 0 spiro atoms. The Morgan fingerprint density at radius 3 is 2.65 bits per heavy atom. The molecule has 5 nitrogen and oxygen atoms in total. The maximum atomic E-state index is 11.8. The second-order valence-corrected chi connectivity index (χ2v) is 3.72. The molecular formula is C12H17N3O2. The molecule has 0 aliphatic rings. The lowest BCUT2D eigenvalue weighted by atomic mass is 10.1. The summed E-state index contributed by atoms with van der Waals surface area (Å²) in [7, 11) is 1.56. The van der Waals surface area contributed by atoms with E-state index in [0.29, 0.717) is 17.8 Å². The molecule has 17 heavy (non-hydrogen) atoms. The smallest absolute Gasteiger partial charge is 0.253 e. The molecular weight excluding hydrogens is 218 g/mol. The number of hydrogen-bond acceptors (Lipinski definition) is 3. The van der Waals surface area contributed by atoms with Gasteiger partial charge in [-0.15, -0.1) is 0 Å². The molecule has 0 heterocycles. The van der Waals surface area contributed by atoms with Crippen LogP contribution in [0.2, 0.25) is 0 Å². The number of aryl methyl sites for hydroxylation is 1. The van der Waals surface area contributed by atoms with E-state index >= 15 is 0 Å². The van der Waals surface area contributed by atoms with Crippen molar-refractivity contribution in [2.24, 2.45) is 0 Å². The average molecular weight is 235 g/mol. The van der Waals surface area contributed by atoms with Crippen molar-refractivity contribution in [3.8, 4) is 0 Å². The molecule has 0 radical (unpaired) electrons. The molecule has 2 amide bonds. The summed E-state index contributed by atoms with van der Waals surface area (Å²) < 4.78 is 0. The van der Waals surface area contributed by atoms with Crippen LogP contribution < -0.4 is 16.4 Å². The maximum absolute atomic E-state index is 11.8. The first-order valence-electron chi connectivity index (χ1n) is 5.40. The second kappa shape index (κ2) is 5.89. The van der Waals surface area contributed by atoms with Gasteiger partial charge in [0.15, 0.2) is 0 Å². The standard InChI is InChI=1S/C12H17N3O2/c1-8-4-3-5-9(13)11(8)12(17)15-7-6-10(16)14-2/h3-5H,6-7,13H2,1-2H3,(H,14,16)(H,15,17). The van der Waals surface area contributed by atoms with E-state index in [2.05, 4.69) is 10.6 Å². The molecule has 0 atom stereocenters. The van der Waals surface area contributed by atoms with Gasteiger partial charge in [-0.3, -0.25) is 9.59 Å². The number of amides is 2. The third-order valence-corrected chi connectivity index (χ3v) is 2.45. The van der Waals surface area contributed by atoms with Gasteiger partial charge in [-0.2, -0.15) is 0 Å². The molecule has 0 fully saturated rings. The molecule has 5 heteroatoms. The summed E-state index contributed by atoms with van der Waals surface area (Å²) in [5.41, 5.74) is 7.48. The minimum Gasteiger partial charge on any atom is -0.398 e. The zero-order valence-electron chi connectivity index (χ0n) is 10.0. The number of benzene rings is 1. The Morgan fingerprint density at radius 1 is 1.35 bits per heavy atom. The summed E-state index contributed by atoms with van der Waals surface area (Å²) in [6, 6.07) is 5.30. The van der Waals surface area contributed by atoms with E-state index in [1.807, 2.05) is 13.0 Å². The number of nitrogens with two attached hydrogens (primary N) is 1. The minimum atomic E-state index is -0.246. The summed E-state index contributed by atoms with van der Waals surface area (Å²) in [5, 5.41) is 5.15. The number of rotatable bonds is 4. The number of carbonyl (C=O) groups excluding carboxylic acids is 2. The first kappa shape index (κ1) is 13.0. The van der Waals surface area contributed by atoms with Crippen LogP contribution in [0.5, 0.6) is 0 Å². The number of anilines is 1. The summed E-state index contributed by atoms with van der Waals surface area (Å²) in [4.78, 5) is 22.8. The Labute approximate surface area is 100 Å². The van der Waals surface area contributed by atoms with Gasteiger partial charge in [-0.05, 0) is 18.6 Å². The number of nitrogens with one attached hydrogen (secondary N) is 2. The Hall–Kier alpha value is -2.04. The fraction of sp³-hybridized carbons (Fsp3) is 0.333. The fourth-order valence-corrected chi connectivity index (χ4v) is 1.50. The zero-order valence-corrected chi connectivity index (χ0v) is 10.0. The van der Waals surface area contributed by atoms with Crippen LogP contribution in [0, 0.1) is 6.92 Å². The lowest BCUT2D eigenvalue weighted by molar-refractivity contribution is -0.120. The highest BCUT2D eigenvalue weighted by Gasteiger charge is 2.12. The van der Waals surface area contributed by atoms with Crippen LogP contribution >= 0.6 is 0 Å². The maximum Gasteiger partial charge on any atom is 0.253 e. The molecule has 1 aromatic rings. The number of hydrogen-bond donors (Lipinski definition) is 3. The van der Waals surface area contributed by atoms with Crippen LogP contribution in [0.4, 0.5) is 5.69 Å². The molecule has 0 aliphatic carbocycles. The largest absolute Gasteiger partial charge is 0.398 e. The van der Waals surface area contributed by atoms with Gasteiger partial charge in [-0.1, -0.05) is 12.1 Å². The lowest BCUT2D eigenvalue weighted by Gasteiger charge is -2.09. The highest BCUT2D eigenvalue weighted by atomic mass is 16.2. The van der Waals surface area contributed by atoms with Gasteiger partial charge in [-0.25, -0.2) is 0 Å². The highest BCUT2D eigenvalue weighted by Crippen LogP contribution is 2.15. The Kier molecular flexibility index (Phi) is 4.51. The third kappa shape index (κ3) is 3.48. The van der Waals surface area contributed by atoms with E-state index in [9.17, 15) is 9.59 Å². The molecule has 0 saturated heterocycles. The minimum absolute atomic E-state index is 0.108. The van der Waals surface area contributed by atoms with E-state index in [1.54, 1.807) is 19.2 Å². The van der Waals surface area contributed by atoms with Crippen LogP contribution in [0.25, 0.3) is 0 Å². The van der Waals surface area contributed by atoms with Gasteiger partial charge < -0.3 is 16.4 Å². The molecule has 92 valence electrons. The van der Waals surface area contributed by atoms with Crippen LogP contribution in [0.3, 0.4) is 0 Å². The summed E-state index contributed by atoms with van der Waals surface area (Å²) in [6.45, 7) is 2.12. The van der Waals surface area contributed by atoms with Gasteiger partial charge in [0.25, 0.3) is 5.91 Å². The molecule has 1 rings (SSSR count). The Morgan fingerprint density at radius 2 is 2.06 bits per heavy atom. The van der Waals surface area contributed by atoms with Gasteiger partial charge >= 0.3 is 0 Å². The van der Waals surface area contributed by atoms with Gasteiger partial charge in [0.1, 0.15) is 0 Å². The quantitative estimate of drug-likeness (QED) is 0.662. The van der Waals surface area contributed by atoms with E-state index < -0.39 is 0 Å². The van der Waals surface area contributed by atoms with E-state index in [0.717, 1.165) is 5.56 Å². The van der Waals surface area contributed by atoms with Crippen LogP contribution in [0.1, 0.15) is 22.3 Å². The van der Waals surface area contributed by atoms with Gasteiger partial charge in [0, 0.05) is 25.7 Å². The van der Waals surface area contributed by atoms with Crippen LogP contribution in [0.15, 0.2) is 18.2 Å². The molecule has 0 aliphatic heterocycles. The highest BCUT2D eigenvalue weighted by molar-refractivity contribution is 6.00. The second-order valence-electron chi connectivity index (χ2n) is 3.72. The van der Waals surface area contributed by atoms with Gasteiger partial charge in [0.2, 0.25) is 5.91 Å². The molecule has 0 unspecified atom stereocenters. The summed E-state index contributed by atoms with van der Waals surface area (Å²) >= 11 is 0. The van der Waals surface area contributed by atoms with E-state index in [-0.39, 0.29) is 18.2 Å². The lowest BCUT2D eigenvalue weighted by Crippen LogP contribution is -2.30. The van der Waals surface area contributed by atoms with Crippen molar-refractivity contribution in [3.05, 3.63) is 29.3 Å². The van der Waals surface area contributed by atoms with Crippen LogP contribution in [-0.2, 0) is 4.79 Å². The van der Waals surface area contributed by atoms with E-state index in [1.165, 1.54) is 0 Å². The Bertz CT molecular complexity index is 410. The van der Waals surface area contributed by atoms with Crippen molar-refractivity contribution >= 4 is 17.5 Å². The van der Waals surface area contributed by atoms with Crippen molar-refractivity contribution in [2.75, 3.05) is 19.3 Å². The first-order valence-corrected chi connectivity index (χ1v) is 5.40. The number of carbonyl (C=O) groups is 2.